The van der Waals surface area contributed by atoms with E-state index >= 15 is 0 Å². The summed E-state index contributed by atoms with van der Waals surface area (Å²) in [4.78, 5) is 17.8. The lowest BCUT2D eigenvalue weighted by atomic mass is 10.2. The fourth-order valence-corrected chi connectivity index (χ4v) is 3.42. The minimum Gasteiger partial charge on any atom is -0.360 e. The van der Waals surface area contributed by atoms with Gasteiger partial charge in [-0.15, -0.1) is 0 Å². The van der Waals surface area contributed by atoms with E-state index in [1.54, 1.807) is 18.2 Å². The van der Waals surface area contributed by atoms with Gasteiger partial charge in [0.1, 0.15) is 5.82 Å². The van der Waals surface area contributed by atoms with Crippen LogP contribution in [0.1, 0.15) is 6.42 Å². The van der Waals surface area contributed by atoms with E-state index in [1.807, 2.05) is 24.3 Å². The Morgan fingerprint density at radius 1 is 1.11 bits per heavy atom. The third kappa shape index (κ3) is 4.83. The molecule has 2 aromatic carbocycles. The molecule has 1 N–H and O–H groups in total. The zero-order chi connectivity index (χ0) is 19.1. The molecule has 1 aliphatic heterocycles. The van der Waals surface area contributed by atoms with Gasteiger partial charge in [-0.05, 0) is 24.3 Å². The van der Waals surface area contributed by atoms with E-state index in [0.29, 0.717) is 6.54 Å². The van der Waals surface area contributed by atoms with E-state index in [2.05, 4.69) is 17.0 Å². The second-order valence-electron chi connectivity index (χ2n) is 6.65. The van der Waals surface area contributed by atoms with Crippen molar-refractivity contribution in [2.24, 2.45) is 0 Å². The van der Waals surface area contributed by atoms with Crippen LogP contribution >= 0.6 is 0 Å². The van der Waals surface area contributed by atoms with E-state index in [0.717, 1.165) is 26.2 Å². The number of amides is 1. The number of carbonyl (C=O) groups is 1. The van der Waals surface area contributed by atoms with Crippen molar-refractivity contribution in [2.45, 2.75) is 6.42 Å². The minimum atomic E-state index is -0.437. The van der Waals surface area contributed by atoms with Crippen molar-refractivity contribution < 1.29 is 14.1 Å². The number of piperazine rings is 1. The van der Waals surface area contributed by atoms with Crippen LogP contribution in [0.15, 0.2) is 54.6 Å². The van der Waals surface area contributed by atoms with Gasteiger partial charge in [0.25, 0.3) is 5.91 Å². The number of hydrogen-bond donors (Lipinski definition) is 1. The molecule has 3 rings (SSSR count). The highest BCUT2D eigenvalue weighted by molar-refractivity contribution is 5.94. The highest BCUT2D eigenvalue weighted by Crippen LogP contribution is 2.19. The zero-order valence-electron chi connectivity index (χ0n) is 15.3. The predicted molar refractivity (Wildman–Crippen MR) is 103 cm³/mol. The minimum absolute atomic E-state index is 0.140. The number of carbonyl (C=O) groups excluding carboxylic acids is 1. The van der Waals surface area contributed by atoms with Gasteiger partial charge >= 0.3 is 0 Å². The zero-order valence-corrected chi connectivity index (χ0v) is 15.3. The summed E-state index contributed by atoms with van der Waals surface area (Å²) in [5.41, 5.74) is 1.45. The van der Waals surface area contributed by atoms with Crippen LogP contribution in [0.5, 0.6) is 0 Å². The molecular weight excluding hydrogens is 343 g/mol. The molecule has 0 radical (unpaired) electrons. The SMILES string of the molecule is N#CCCN(C(=O)C[NH+]1CCN(c2ccccc2)CC1)c1ccccc1F. The molecular formula is C21H24FN4O+. The summed E-state index contributed by atoms with van der Waals surface area (Å²) in [5.74, 6) is -0.578. The Morgan fingerprint density at radius 2 is 1.78 bits per heavy atom. The number of nitrogens with one attached hydrogen (secondary N) is 1. The highest BCUT2D eigenvalue weighted by atomic mass is 19.1. The van der Waals surface area contributed by atoms with Gasteiger partial charge in [0.2, 0.25) is 0 Å². The molecule has 1 heterocycles. The molecule has 0 unspecified atom stereocenters. The van der Waals surface area contributed by atoms with E-state index in [-0.39, 0.29) is 24.6 Å². The predicted octanol–water partition coefficient (Wildman–Crippen LogP) is 1.48. The van der Waals surface area contributed by atoms with E-state index in [4.69, 9.17) is 5.26 Å². The number of rotatable bonds is 6. The van der Waals surface area contributed by atoms with Gasteiger partial charge in [0.05, 0.1) is 44.4 Å². The van der Waals surface area contributed by atoms with Gasteiger partial charge in [-0.25, -0.2) is 4.39 Å². The van der Waals surface area contributed by atoms with E-state index in [9.17, 15) is 9.18 Å². The summed E-state index contributed by atoms with van der Waals surface area (Å²) in [5, 5.41) is 8.88. The van der Waals surface area contributed by atoms with Crippen LogP contribution in [0, 0.1) is 17.1 Å². The number of hydrogen-bond acceptors (Lipinski definition) is 3. The monoisotopic (exact) mass is 367 g/mol. The maximum absolute atomic E-state index is 14.2. The lowest BCUT2D eigenvalue weighted by Crippen LogP contribution is -3.16. The molecule has 0 aliphatic carbocycles. The third-order valence-corrected chi connectivity index (χ3v) is 4.88. The summed E-state index contributed by atoms with van der Waals surface area (Å²) >= 11 is 0. The Kier molecular flexibility index (Phi) is 6.39. The fraction of sp³-hybridized carbons (Fsp3) is 0.333. The number of anilines is 2. The highest BCUT2D eigenvalue weighted by Gasteiger charge is 2.26. The Hall–Kier alpha value is -2.91. The molecule has 1 fully saturated rings. The van der Waals surface area contributed by atoms with Crippen LogP contribution in [-0.4, -0.2) is 45.2 Å². The maximum Gasteiger partial charge on any atom is 0.282 e. The first-order chi connectivity index (χ1) is 13.2. The molecule has 0 aromatic heterocycles. The summed E-state index contributed by atoms with van der Waals surface area (Å²) in [6.45, 7) is 3.98. The number of nitriles is 1. The van der Waals surface area contributed by atoms with Crippen molar-refractivity contribution >= 4 is 17.3 Å². The largest absolute Gasteiger partial charge is 0.360 e. The molecule has 0 bridgehead atoms. The van der Waals surface area contributed by atoms with Crippen molar-refractivity contribution in [3.8, 4) is 6.07 Å². The lowest BCUT2D eigenvalue weighted by Gasteiger charge is -2.34. The first-order valence-corrected chi connectivity index (χ1v) is 9.24. The second kappa shape index (κ2) is 9.15. The van der Waals surface area contributed by atoms with Gasteiger partial charge in [-0.1, -0.05) is 30.3 Å². The van der Waals surface area contributed by atoms with Gasteiger partial charge < -0.3 is 14.7 Å². The Labute approximate surface area is 159 Å². The smallest absolute Gasteiger partial charge is 0.282 e. The maximum atomic E-state index is 14.2. The van der Waals surface area contributed by atoms with Crippen molar-refractivity contribution in [2.75, 3.05) is 49.1 Å². The quantitative estimate of drug-likeness (QED) is 0.841. The summed E-state index contributed by atoms with van der Waals surface area (Å²) < 4.78 is 14.2. The standard InChI is InChI=1S/C21H23FN4O/c22-19-9-4-5-10-20(19)26(12-6-11-23)21(27)17-24-13-15-25(16-14-24)18-7-2-1-3-8-18/h1-5,7-10H,6,12-17H2/p+1. The third-order valence-electron chi connectivity index (χ3n) is 4.88. The number of nitrogens with zero attached hydrogens (tertiary/aromatic N) is 3. The van der Waals surface area contributed by atoms with Gasteiger partial charge in [-0.3, -0.25) is 4.79 Å². The Morgan fingerprint density at radius 3 is 2.44 bits per heavy atom. The van der Waals surface area contributed by atoms with Crippen molar-refractivity contribution in [1.29, 1.82) is 5.26 Å². The van der Waals surface area contributed by atoms with Crippen LogP contribution in [0.25, 0.3) is 0 Å². The number of benzene rings is 2. The van der Waals surface area contributed by atoms with Crippen molar-refractivity contribution in [1.82, 2.24) is 0 Å². The normalized spacial score (nSPS) is 14.6. The summed E-state index contributed by atoms with van der Waals surface area (Å²) in [6, 6.07) is 18.5. The molecule has 140 valence electrons. The number of halogens is 1. The lowest BCUT2D eigenvalue weighted by molar-refractivity contribution is -0.892. The fourth-order valence-electron chi connectivity index (χ4n) is 3.42. The number of quaternary nitrogens is 1. The average molecular weight is 367 g/mol. The molecule has 0 spiro atoms. The molecule has 1 aliphatic rings. The molecule has 27 heavy (non-hydrogen) atoms. The molecule has 1 saturated heterocycles. The molecule has 0 atom stereocenters. The van der Waals surface area contributed by atoms with Crippen LogP contribution in [-0.2, 0) is 4.79 Å². The molecule has 0 saturated carbocycles. The van der Waals surface area contributed by atoms with Crippen molar-refractivity contribution in [3.63, 3.8) is 0 Å². The number of para-hydroxylation sites is 2. The van der Waals surface area contributed by atoms with Crippen LogP contribution in [0.3, 0.4) is 0 Å². The molecule has 6 heteroatoms. The first kappa shape index (κ1) is 18.9. The van der Waals surface area contributed by atoms with E-state index in [1.165, 1.54) is 21.6 Å². The summed E-state index contributed by atoms with van der Waals surface area (Å²) in [6.07, 6.45) is 0.178. The van der Waals surface area contributed by atoms with Crippen LogP contribution < -0.4 is 14.7 Å². The molecule has 1 amide bonds. The Balaban J connectivity index is 1.61. The molecule has 2 aromatic rings. The van der Waals surface area contributed by atoms with Gasteiger partial charge in [0, 0.05) is 12.2 Å². The Bertz CT molecular complexity index is 797. The topological polar surface area (TPSA) is 51.8 Å². The van der Waals surface area contributed by atoms with E-state index < -0.39 is 5.82 Å². The van der Waals surface area contributed by atoms with Gasteiger partial charge in [-0.2, -0.15) is 5.26 Å². The van der Waals surface area contributed by atoms with Crippen LogP contribution in [0.2, 0.25) is 0 Å². The second-order valence-corrected chi connectivity index (χ2v) is 6.65. The average Bonchev–Trinajstić information content (AvgIpc) is 2.71. The molecule has 5 nitrogen and oxygen atoms in total. The first-order valence-electron chi connectivity index (χ1n) is 9.24. The van der Waals surface area contributed by atoms with Gasteiger partial charge in [0.15, 0.2) is 6.54 Å². The summed E-state index contributed by atoms with van der Waals surface area (Å²) in [7, 11) is 0. The van der Waals surface area contributed by atoms with Crippen molar-refractivity contribution in [3.05, 3.63) is 60.4 Å². The van der Waals surface area contributed by atoms with Crippen LogP contribution in [0.4, 0.5) is 15.8 Å².